The lowest BCUT2D eigenvalue weighted by molar-refractivity contribution is 0.0857. The predicted molar refractivity (Wildman–Crippen MR) is 131 cm³/mol. The summed E-state index contributed by atoms with van der Waals surface area (Å²) in [6, 6.07) is 21.4. The summed E-state index contributed by atoms with van der Waals surface area (Å²) in [5, 5.41) is 3.79. The van der Waals surface area contributed by atoms with E-state index in [-0.39, 0.29) is 0 Å². The third-order valence-corrected chi connectivity index (χ3v) is 8.96. The second-order valence-corrected chi connectivity index (χ2v) is 11.6. The van der Waals surface area contributed by atoms with Gasteiger partial charge in [-0.25, -0.2) is 13.1 Å². The molecule has 0 spiro atoms. The molecule has 1 aliphatic heterocycles. The zero-order chi connectivity index (χ0) is 22.1. The van der Waals surface area contributed by atoms with Crippen LogP contribution in [0.4, 0.5) is 0 Å². The fraction of sp³-hybridized carbons (Fsp3) is 0.250. The van der Waals surface area contributed by atoms with Gasteiger partial charge in [-0.15, -0.1) is 11.3 Å². The molecule has 5 rings (SSSR count). The van der Waals surface area contributed by atoms with Gasteiger partial charge >= 0.3 is 0 Å². The number of nitrogens with one attached hydrogen (secondary N) is 1. The van der Waals surface area contributed by atoms with Crippen LogP contribution >= 0.6 is 22.9 Å². The Morgan fingerprint density at radius 3 is 2.72 bits per heavy atom. The summed E-state index contributed by atoms with van der Waals surface area (Å²) in [5.41, 5.74) is 0. The van der Waals surface area contributed by atoms with E-state index in [2.05, 4.69) is 27.8 Å². The number of halogens is 1. The number of fused-ring (bicyclic) bond motifs is 2. The van der Waals surface area contributed by atoms with E-state index in [1.807, 2.05) is 30.3 Å². The molecule has 166 valence electrons. The Labute approximate surface area is 196 Å². The maximum absolute atomic E-state index is 12.7. The second-order valence-electron chi connectivity index (χ2n) is 8.05. The summed E-state index contributed by atoms with van der Waals surface area (Å²) >= 11 is 7.25. The minimum absolute atomic E-state index is 0.311. The maximum Gasteiger partial charge on any atom is 0.250 e. The Balaban J connectivity index is 1.09. The number of sulfonamides is 1. The molecule has 0 radical (unpaired) electrons. The summed E-state index contributed by atoms with van der Waals surface area (Å²) in [6.45, 7) is 3.60. The van der Waals surface area contributed by atoms with Crippen molar-refractivity contribution in [1.29, 1.82) is 0 Å². The highest BCUT2D eigenvalue weighted by molar-refractivity contribution is 7.91. The number of rotatable bonds is 8. The molecule has 3 aromatic carbocycles. The molecule has 8 heteroatoms. The van der Waals surface area contributed by atoms with Gasteiger partial charge in [0.25, 0.3) is 0 Å². The smallest absolute Gasteiger partial charge is 0.250 e. The molecule has 0 aliphatic carbocycles. The van der Waals surface area contributed by atoms with E-state index in [1.165, 1.54) is 16.7 Å². The highest BCUT2D eigenvalue weighted by atomic mass is 35.5. The zero-order valence-corrected chi connectivity index (χ0v) is 19.7. The van der Waals surface area contributed by atoms with Crippen molar-refractivity contribution in [2.45, 2.75) is 4.21 Å². The Hall–Kier alpha value is -2.16. The number of benzene rings is 3. The molecule has 0 unspecified atom stereocenters. The van der Waals surface area contributed by atoms with Crippen molar-refractivity contribution >= 4 is 53.8 Å². The van der Waals surface area contributed by atoms with Gasteiger partial charge in [0.15, 0.2) is 0 Å². The van der Waals surface area contributed by atoms with E-state index >= 15 is 0 Å². The van der Waals surface area contributed by atoms with Crippen LogP contribution in [0.25, 0.3) is 20.9 Å². The number of ether oxygens (including phenoxy) is 1. The highest BCUT2D eigenvalue weighted by Crippen LogP contribution is 2.31. The number of likely N-dealkylation sites (tertiary alicyclic amines) is 1. The van der Waals surface area contributed by atoms with E-state index in [0.717, 1.165) is 40.9 Å². The minimum Gasteiger partial charge on any atom is -0.492 e. The third-order valence-electron chi connectivity index (χ3n) is 5.73. The number of hydrogen-bond donors (Lipinski definition) is 1. The van der Waals surface area contributed by atoms with Gasteiger partial charge in [-0.1, -0.05) is 54.1 Å². The van der Waals surface area contributed by atoms with Crippen molar-refractivity contribution in [2.24, 2.45) is 5.92 Å². The van der Waals surface area contributed by atoms with Gasteiger partial charge in [-0.2, -0.15) is 0 Å². The first kappa shape index (κ1) is 21.7. The van der Waals surface area contributed by atoms with Crippen LogP contribution in [0.15, 0.2) is 70.9 Å². The zero-order valence-electron chi connectivity index (χ0n) is 17.3. The summed E-state index contributed by atoms with van der Waals surface area (Å²) in [5.74, 6) is 1.21. The summed E-state index contributed by atoms with van der Waals surface area (Å²) in [7, 11) is -3.52. The Morgan fingerprint density at radius 2 is 1.84 bits per heavy atom. The lowest BCUT2D eigenvalue weighted by Gasteiger charge is -2.39. The van der Waals surface area contributed by atoms with Gasteiger partial charge < -0.3 is 4.74 Å². The van der Waals surface area contributed by atoms with E-state index in [1.54, 1.807) is 18.2 Å². The molecule has 32 heavy (non-hydrogen) atoms. The average Bonchev–Trinajstić information content (AvgIpc) is 3.19. The van der Waals surface area contributed by atoms with Crippen molar-refractivity contribution in [3.63, 3.8) is 0 Å². The quantitative estimate of drug-likeness (QED) is 0.381. The van der Waals surface area contributed by atoms with Crippen LogP contribution in [-0.2, 0) is 10.0 Å². The minimum atomic E-state index is -3.52. The molecule has 4 aromatic rings. The SMILES string of the molecule is O=S(=O)(NCC1CN(CCOc2cccc3ccccc23)C1)c1cc2ccc(Cl)cc2s1. The van der Waals surface area contributed by atoms with Gasteiger partial charge in [-0.05, 0) is 41.0 Å². The van der Waals surface area contributed by atoms with E-state index < -0.39 is 10.0 Å². The Bertz CT molecular complexity index is 1360. The van der Waals surface area contributed by atoms with Crippen LogP contribution in [0.3, 0.4) is 0 Å². The maximum atomic E-state index is 12.7. The molecular weight excluding hydrogens is 464 g/mol. The van der Waals surface area contributed by atoms with Crippen molar-refractivity contribution < 1.29 is 13.2 Å². The molecule has 1 N–H and O–H groups in total. The van der Waals surface area contributed by atoms with Crippen LogP contribution in [0, 0.1) is 5.92 Å². The van der Waals surface area contributed by atoms with Crippen LogP contribution in [-0.4, -0.2) is 46.1 Å². The predicted octanol–water partition coefficient (Wildman–Crippen LogP) is 5.00. The first-order valence-corrected chi connectivity index (χ1v) is 13.2. The molecule has 1 aliphatic rings. The third kappa shape index (κ3) is 4.63. The van der Waals surface area contributed by atoms with Crippen LogP contribution in [0.2, 0.25) is 5.02 Å². The molecule has 1 fully saturated rings. The van der Waals surface area contributed by atoms with E-state index in [9.17, 15) is 8.42 Å². The van der Waals surface area contributed by atoms with Crippen molar-refractivity contribution in [2.75, 3.05) is 32.8 Å². The fourth-order valence-electron chi connectivity index (χ4n) is 4.01. The van der Waals surface area contributed by atoms with Gasteiger partial charge in [0.2, 0.25) is 10.0 Å². The average molecular weight is 487 g/mol. The molecule has 0 amide bonds. The summed E-state index contributed by atoms with van der Waals surface area (Å²) < 4.78 is 35.3. The monoisotopic (exact) mass is 486 g/mol. The largest absolute Gasteiger partial charge is 0.492 e. The molecular formula is C24H23ClN2O3S2. The molecule has 1 aromatic heterocycles. The summed E-state index contributed by atoms with van der Waals surface area (Å²) in [6.07, 6.45) is 0. The van der Waals surface area contributed by atoms with Crippen LogP contribution < -0.4 is 9.46 Å². The fourth-order valence-corrected chi connectivity index (χ4v) is 6.84. The molecule has 0 bridgehead atoms. The van der Waals surface area contributed by atoms with Crippen molar-refractivity contribution in [1.82, 2.24) is 9.62 Å². The van der Waals surface area contributed by atoms with Gasteiger partial charge in [-0.3, -0.25) is 4.90 Å². The first-order chi connectivity index (χ1) is 15.5. The van der Waals surface area contributed by atoms with Crippen LogP contribution in [0.5, 0.6) is 5.75 Å². The van der Waals surface area contributed by atoms with E-state index in [4.69, 9.17) is 16.3 Å². The lowest BCUT2D eigenvalue weighted by atomic mass is 10.0. The van der Waals surface area contributed by atoms with Gasteiger partial charge in [0.05, 0.1) is 0 Å². The van der Waals surface area contributed by atoms with Crippen LogP contribution in [0.1, 0.15) is 0 Å². The van der Waals surface area contributed by atoms with E-state index in [0.29, 0.717) is 28.3 Å². The topological polar surface area (TPSA) is 58.6 Å². The standard InChI is InChI=1S/C24H23ClN2O3S2/c25-20-9-8-19-12-24(31-23(19)13-20)32(28,29)26-14-17-15-27(16-17)10-11-30-22-7-3-5-18-4-1-2-6-21(18)22/h1-9,12-13,17,26H,10-11,14-16H2. The van der Waals surface area contributed by atoms with Crippen molar-refractivity contribution in [3.05, 3.63) is 71.8 Å². The normalized spacial score (nSPS) is 15.3. The molecule has 0 atom stereocenters. The highest BCUT2D eigenvalue weighted by Gasteiger charge is 2.28. The number of thiophene rings is 1. The second kappa shape index (κ2) is 9.00. The molecule has 2 heterocycles. The Kier molecular flexibility index (Phi) is 6.09. The van der Waals surface area contributed by atoms with Crippen molar-refractivity contribution in [3.8, 4) is 5.75 Å². The summed E-state index contributed by atoms with van der Waals surface area (Å²) in [4.78, 5) is 2.28. The van der Waals surface area contributed by atoms with Gasteiger partial charge in [0.1, 0.15) is 16.6 Å². The number of nitrogens with zero attached hydrogens (tertiary/aromatic N) is 1. The van der Waals surface area contributed by atoms with Gasteiger partial charge in [0, 0.05) is 41.3 Å². The molecule has 5 nitrogen and oxygen atoms in total. The lowest BCUT2D eigenvalue weighted by Crippen LogP contribution is -2.52. The first-order valence-electron chi connectivity index (χ1n) is 10.5. The molecule has 1 saturated heterocycles. The Morgan fingerprint density at radius 1 is 1.03 bits per heavy atom. The molecule has 0 saturated carbocycles. The number of hydrogen-bond acceptors (Lipinski definition) is 5.